The monoisotopic (exact) mass is 392 g/mol. The van der Waals surface area contributed by atoms with Gasteiger partial charge in [0.1, 0.15) is 4.90 Å². The average Bonchev–Trinajstić information content (AvgIpc) is 2.80. The van der Waals surface area contributed by atoms with E-state index in [0.29, 0.717) is 10.5 Å². The third kappa shape index (κ3) is 3.18. The van der Waals surface area contributed by atoms with E-state index in [1.165, 1.54) is 24.3 Å². The van der Waals surface area contributed by atoms with Gasteiger partial charge in [0.15, 0.2) is 5.58 Å². The molecule has 23 heavy (non-hydrogen) atoms. The van der Waals surface area contributed by atoms with Crippen LogP contribution in [0.4, 0.5) is 5.69 Å². The highest BCUT2D eigenvalue weighted by molar-refractivity contribution is 7.92. The van der Waals surface area contributed by atoms with Crippen molar-refractivity contribution >= 4 is 61.6 Å². The Morgan fingerprint density at radius 2 is 1.78 bits per heavy atom. The fourth-order valence-electron chi connectivity index (χ4n) is 1.93. The van der Waals surface area contributed by atoms with Crippen molar-refractivity contribution in [2.24, 2.45) is 0 Å². The van der Waals surface area contributed by atoms with Crippen LogP contribution in [0.3, 0.4) is 0 Å². The second kappa shape index (κ2) is 5.76. The second-order valence-corrected chi connectivity index (χ2v) is 7.42. The van der Waals surface area contributed by atoms with Crippen LogP contribution in [-0.4, -0.2) is 13.4 Å². The minimum absolute atomic E-state index is 0.0713. The lowest BCUT2D eigenvalue weighted by molar-refractivity contribution is 0.554. The van der Waals surface area contributed by atoms with Crippen LogP contribution in [0.5, 0.6) is 0 Å². The Morgan fingerprint density at radius 3 is 2.48 bits per heavy atom. The summed E-state index contributed by atoms with van der Waals surface area (Å²) < 4.78 is 32.1. The average molecular weight is 394 g/mol. The molecule has 0 aliphatic carbocycles. The van der Waals surface area contributed by atoms with Crippen LogP contribution in [0.15, 0.2) is 44.4 Å². The van der Waals surface area contributed by atoms with E-state index in [4.69, 9.17) is 39.2 Å². The van der Waals surface area contributed by atoms with Gasteiger partial charge in [-0.15, -0.1) is 0 Å². The van der Waals surface area contributed by atoms with Gasteiger partial charge in [0.2, 0.25) is 0 Å². The van der Waals surface area contributed by atoms with Gasteiger partial charge in [0, 0.05) is 11.1 Å². The maximum Gasteiger partial charge on any atom is 0.417 e. The summed E-state index contributed by atoms with van der Waals surface area (Å²) in [5, 5.41) is 0.421. The number of H-pyrrole nitrogens is 1. The highest BCUT2D eigenvalue weighted by atomic mass is 35.5. The molecule has 0 bridgehead atoms. The summed E-state index contributed by atoms with van der Waals surface area (Å²) in [5.74, 6) is -0.709. The third-order valence-corrected chi connectivity index (χ3v) is 5.32. The molecule has 1 heterocycles. The maximum atomic E-state index is 12.5. The highest BCUT2D eigenvalue weighted by Crippen LogP contribution is 2.31. The molecule has 2 N–H and O–H groups in total. The summed E-state index contributed by atoms with van der Waals surface area (Å²) in [6.07, 6.45) is 0. The van der Waals surface area contributed by atoms with Gasteiger partial charge in [0.05, 0.1) is 21.2 Å². The van der Waals surface area contributed by atoms with Crippen LogP contribution >= 0.6 is 34.8 Å². The third-order valence-electron chi connectivity index (χ3n) is 2.94. The van der Waals surface area contributed by atoms with Crippen molar-refractivity contribution in [2.75, 3.05) is 4.72 Å². The normalized spacial score (nSPS) is 11.8. The molecular weight excluding hydrogens is 387 g/mol. The lowest BCUT2D eigenvalue weighted by Crippen LogP contribution is -2.13. The molecule has 3 rings (SSSR count). The first-order valence-corrected chi connectivity index (χ1v) is 8.68. The Morgan fingerprint density at radius 1 is 1.04 bits per heavy atom. The van der Waals surface area contributed by atoms with Crippen molar-refractivity contribution in [1.82, 2.24) is 4.98 Å². The van der Waals surface area contributed by atoms with Crippen molar-refractivity contribution < 1.29 is 12.8 Å². The Bertz CT molecular complexity index is 1070. The van der Waals surface area contributed by atoms with Crippen LogP contribution in [-0.2, 0) is 10.0 Å². The fourth-order valence-corrected chi connectivity index (χ4v) is 4.07. The summed E-state index contributed by atoms with van der Waals surface area (Å²) in [6.45, 7) is 0. The molecular formula is C13H7Cl3N2O4S. The van der Waals surface area contributed by atoms with E-state index in [9.17, 15) is 13.2 Å². The van der Waals surface area contributed by atoms with Gasteiger partial charge in [-0.05, 0) is 24.3 Å². The quantitative estimate of drug-likeness (QED) is 0.706. The van der Waals surface area contributed by atoms with Crippen LogP contribution in [0.2, 0.25) is 15.1 Å². The molecule has 6 nitrogen and oxygen atoms in total. The van der Waals surface area contributed by atoms with Crippen LogP contribution in [0.25, 0.3) is 11.1 Å². The number of halogens is 3. The molecule has 3 aromatic rings. The molecule has 0 saturated heterocycles. The first kappa shape index (κ1) is 16.2. The Kier molecular flexibility index (Phi) is 4.05. The van der Waals surface area contributed by atoms with Crippen LogP contribution < -0.4 is 10.5 Å². The number of fused-ring (bicyclic) bond motifs is 1. The lowest BCUT2D eigenvalue weighted by atomic mass is 10.3. The number of oxazole rings is 1. The van der Waals surface area contributed by atoms with Gasteiger partial charge < -0.3 is 4.42 Å². The number of anilines is 1. The molecule has 0 atom stereocenters. The molecule has 0 saturated carbocycles. The summed E-state index contributed by atoms with van der Waals surface area (Å²) in [5.41, 5.74) is 0.508. The number of benzene rings is 2. The minimum Gasteiger partial charge on any atom is -0.408 e. The smallest absolute Gasteiger partial charge is 0.408 e. The molecule has 0 spiro atoms. The Hall–Kier alpha value is -1.67. The van der Waals surface area contributed by atoms with Crippen molar-refractivity contribution in [3.8, 4) is 0 Å². The fraction of sp³-hybridized carbons (Fsp3) is 0. The number of hydrogen-bond donors (Lipinski definition) is 2. The molecule has 2 aromatic carbocycles. The van der Waals surface area contributed by atoms with E-state index in [1.807, 2.05) is 0 Å². The van der Waals surface area contributed by atoms with Gasteiger partial charge in [-0.3, -0.25) is 9.71 Å². The molecule has 10 heteroatoms. The van der Waals surface area contributed by atoms with E-state index in [2.05, 4.69) is 9.71 Å². The number of rotatable bonds is 3. The first-order chi connectivity index (χ1) is 10.8. The topological polar surface area (TPSA) is 92.2 Å². The molecule has 120 valence electrons. The largest absolute Gasteiger partial charge is 0.417 e. The predicted molar refractivity (Wildman–Crippen MR) is 89.1 cm³/mol. The van der Waals surface area contributed by atoms with Gasteiger partial charge in [-0.1, -0.05) is 34.8 Å². The first-order valence-electron chi connectivity index (χ1n) is 6.06. The summed E-state index contributed by atoms with van der Waals surface area (Å²) in [6, 6.07) is 6.75. The zero-order valence-corrected chi connectivity index (χ0v) is 14.1. The highest BCUT2D eigenvalue weighted by Gasteiger charge is 2.21. The molecule has 0 aliphatic heterocycles. The zero-order valence-electron chi connectivity index (χ0n) is 11.1. The maximum absolute atomic E-state index is 12.5. The molecule has 0 fully saturated rings. The van der Waals surface area contributed by atoms with Crippen molar-refractivity contribution in [2.45, 2.75) is 4.90 Å². The molecule has 0 aliphatic rings. The number of hydrogen-bond acceptors (Lipinski definition) is 4. The minimum atomic E-state index is -4.05. The number of aromatic nitrogens is 1. The van der Waals surface area contributed by atoms with E-state index >= 15 is 0 Å². The summed E-state index contributed by atoms with van der Waals surface area (Å²) >= 11 is 17.7. The molecule has 0 amide bonds. The zero-order chi connectivity index (χ0) is 16.8. The van der Waals surface area contributed by atoms with Crippen molar-refractivity contribution in [3.63, 3.8) is 0 Å². The van der Waals surface area contributed by atoms with E-state index in [-0.39, 0.29) is 26.2 Å². The van der Waals surface area contributed by atoms with E-state index < -0.39 is 15.8 Å². The number of nitrogens with one attached hydrogen (secondary N) is 2. The molecule has 1 aromatic heterocycles. The second-order valence-electron chi connectivity index (χ2n) is 4.52. The van der Waals surface area contributed by atoms with Crippen LogP contribution in [0.1, 0.15) is 0 Å². The van der Waals surface area contributed by atoms with Crippen molar-refractivity contribution in [3.05, 3.63) is 56.0 Å². The standard InChI is InChI=1S/C13H7Cl3N2O4S/c14-6-1-2-9(7(15)3-6)18-23(20,21)12-5-11-10(4-8(12)16)17-13(19)22-11/h1-5,18H,(H,17,19). The lowest BCUT2D eigenvalue weighted by Gasteiger charge is -2.11. The molecule has 0 unspecified atom stereocenters. The predicted octanol–water partition coefficient (Wildman–Crippen LogP) is 3.88. The molecule has 0 radical (unpaired) electrons. The van der Waals surface area contributed by atoms with Gasteiger partial charge in [-0.2, -0.15) is 0 Å². The van der Waals surface area contributed by atoms with Gasteiger partial charge in [-0.25, -0.2) is 13.2 Å². The van der Waals surface area contributed by atoms with Gasteiger partial charge in [0.25, 0.3) is 10.0 Å². The van der Waals surface area contributed by atoms with E-state index in [1.54, 1.807) is 0 Å². The van der Waals surface area contributed by atoms with Crippen molar-refractivity contribution in [1.29, 1.82) is 0 Å². The van der Waals surface area contributed by atoms with Gasteiger partial charge >= 0.3 is 5.76 Å². The number of aromatic amines is 1. The van der Waals surface area contributed by atoms with Crippen LogP contribution in [0, 0.1) is 0 Å². The number of sulfonamides is 1. The Balaban J connectivity index is 2.08. The summed E-state index contributed by atoms with van der Waals surface area (Å²) in [4.78, 5) is 13.3. The van der Waals surface area contributed by atoms with E-state index in [0.717, 1.165) is 6.07 Å². The summed E-state index contributed by atoms with van der Waals surface area (Å²) in [7, 11) is -4.05. The SMILES string of the molecule is O=c1[nH]c2cc(Cl)c(S(=O)(=O)Nc3ccc(Cl)cc3Cl)cc2o1. The Labute approximate surface area is 145 Å².